The fourth-order valence-electron chi connectivity index (χ4n) is 2.38. The van der Waals surface area contributed by atoms with Gasteiger partial charge in [-0.25, -0.2) is 0 Å². The molecule has 3 rings (SSSR count). The zero-order valence-corrected chi connectivity index (χ0v) is 11.6. The van der Waals surface area contributed by atoms with Crippen LogP contribution >= 0.6 is 15.9 Å². The van der Waals surface area contributed by atoms with E-state index in [0.29, 0.717) is 0 Å². The quantitative estimate of drug-likeness (QED) is 0.925. The average molecular weight is 308 g/mol. The summed E-state index contributed by atoms with van der Waals surface area (Å²) in [5.74, 6) is 0.941. The maximum absolute atomic E-state index is 6.31. The van der Waals surface area contributed by atoms with Crippen LogP contribution in [0.15, 0.2) is 34.9 Å². The molecule has 2 N–H and O–H groups in total. The first-order valence-corrected chi connectivity index (χ1v) is 6.63. The molecule has 0 fully saturated rings. The molecule has 1 aromatic heterocycles. The fraction of sp³-hybridized carbons (Fsp3) is 0.308. The number of rotatable bonds is 2. The highest BCUT2D eigenvalue weighted by Crippen LogP contribution is 2.34. The van der Waals surface area contributed by atoms with Gasteiger partial charge in [-0.2, -0.15) is 5.10 Å². The van der Waals surface area contributed by atoms with Crippen LogP contribution in [-0.4, -0.2) is 15.9 Å². The summed E-state index contributed by atoms with van der Waals surface area (Å²) in [6.45, 7) is 0. The number of benzene rings is 1. The highest BCUT2D eigenvalue weighted by molar-refractivity contribution is 9.10. The summed E-state index contributed by atoms with van der Waals surface area (Å²) in [6.07, 6.45) is 2.57. The molecule has 2 aromatic rings. The predicted molar refractivity (Wildman–Crippen MR) is 72.4 cm³/mol. The lowest BCUT2D eigenvalue weighted by Crippen LogP contribution is -2.31. The van der Waals surface area contributed by atoms with Crippen LogP contribution in [0.4, 0.5) is 0 Å². The molecule has 0 spiro atoms. The van der Waals surface area contributed by atoms with Crippen molar-refractivity contribution in [2.24, 2.45) is 12.8 Å². The number of halogens is 1. The summed E-state index contributed by atoms with van der Waals surface area (Å²) in [5, 5.41) is 4.19. The van der Waals surface area contributed by atoms with Crippen LogP contribution in [-0.2, 0) is 13.5 Å². The molecule has 1 aromatic carbocycles. The highest BCUT2D eigenvalue weighted by Gasteiger charge is 2.31. The minimum atomic E-state index is -0.195. The van der Waals surface area contributed by atoms with Gasteiger partial charge in [0.15, 0.2) is 0 Å². The van der Waals surface area contributed by atoms with Crippen molar-refractivity contribution in [3.05, 3.63) is 46.2 Å². The van der Waals surface area contributed by atoms with Crippen LogP contribution in [0.3, 0.4) is 0 Å². The number of hydrogen-bond acceptors (Lipinski definition) is 3. The first kappa shape index (κ1) is 11.7. The topological polar surface area (TPSA) is 53.1 Å². The Morgan fingerprint density at radius 2 is 2.28 bits per heavy atom. The van der Waals surface area contributed by atoms with Crippen molar-refractivity contribution in [1.29, 1.82) is 0 Å². The Hall–Kier alpha value is -1.33. The second-order valence-corrected chi connectivity index (χ2v) is 5.35. The molecule has 2 heterocycles. The van der Waals surface area contributed by atoms with Gasteiger partial charge in [-0.15, -0.1) is 0 Å². The third kappa shape index (κ3) is 1.83. The summed E-state index contributed by atoms with van der Waals surface area (Å²) < 4.78 is 8.64. The van der Waals surface area contributed by atoms with E-state index in [1.807, 2.05) is 25.2 Å². The molecular weight excluding hydrogens is 294 g/mol. The van der Waals surface area contributed by atoms with Crippen molar-refractivity contribution >= 4 is 15.9 Å². The molecule has 0 amide bonds. The normalized spacial score (nSPS) is 19.4. The number of nitrogens with two attached hydrogens (primary N) is 1. The molecule has 1 aliphatic rings. The lowest BCUT2D eigenvalue weighted by molar-refractivity contribution is 0.195. The molecule has 0 radical (unpaired) electrons. The minimum absolute atomic E-state index is 0.0332. The Bertz CT molecular complexity index is 537. The van der Waals surface area contributed by atoms with Gasteiger partial charge in [0.1, 0.15) is 11.9 Å². The number of fused-ring (bicyclic) bond motifs is 1. The molecule has 0 aliphatic carbocycles. The molecule has 5 heteroatoms. The molecule has 4 nitrogen and oxygen atoms in total. The zero-order chi connectivity index (χ0) is 12.7. The van der Waals surface area contributed by atoms with Gasteiger partial charge < -0.3 is 10.5 Å². The van der Waals surface area contributed by atoms with Crippen LogP contribution in [0.2, 0.25) is 0 Å². The van der Waals surface area contributed by atoms with Crippen molar-refractivity contribution in [3.8, 4) is 5.75 Å². The van der Waals surface area contributed by atoms with Crippen LogP contribution in [0.5, 0.6) is 5.75 Å². The first-order chi connectivity index (χ1) is 8.66. The van der Waals surface area contributed by atoms with E-state index in [0.717, 1.165) is 22.3 Å². The van der Waals surface area contributed by atoms with Gasteiger partial charge in [0.05, 0.1) is 22.4 Å². The van der Waals surface area contributed by atoms with E-state index < -0.39 is 0 Å². The third-order valence-corrected chi connectivity index (χ3v) is 3.94. The van der Waals surface area contributed by atoms with Crippen LogP contribution < -0.4 is 10.5 Å². The molecule has 94 valence electrons. The zero-order valence-electron chi connectivity index (χ0n) is 10.0. The standard InChI is InChI=1S/C13H14BrN3O/c1-17-13(9(14)7-16-17)12(15)11-6-8-4-2-3-5-10(8)18-11/h2-5,7,11-12H,6,15H2,1H3. The van der Waals surface area contributed by atoms with Gasteiger partial charge >= 0.3 is 0 Å². The lowest BCUT2D eigenvalue weighted by Gasteiger charge is -2.19. The Morgan fingerprint density at radius 1 is 1.50 bits per heavy atom. The number of para-hydroxylation sites is 1. The number of aromatic nitrogens is 2. The highest BCUT2D eigenvalue weighted by atomic mass is 79.9. The monoisotopic (exact) mass is 307 g/mol. The number of hydrogen-bond donors (Lipinski definition) is 1. The van der Waals surface area contributed by atoms with E-state index in [1.165, 1.54) is 5.56 Å². The van der Waals surface area contributed by atoms with Gasteiger partial charge in [0.2, 0.25) is 0 Å². The molecule has 1 aliphatic heterocycles. The predicted octanol–water partition coefficient (Wildman–Crippen LogP) is 2.19. The van der Waals surface area contributed by atoms with E-state index in [4.69, 9.17) is 10.5 Å². The maximum atomic E-state index is 6.31. The van der Waals surface area contributed by atoms with Gasteiger partial charge in [-0.1, -0.05) is 18.2 Å². The molecular formula is C13H14BrN3O. The molecule has 18 heavy (non-hydrogen) atoms. The summed E-state index contributed by atoms with van der Waals surface area (Å²) >= 11 is 3.48. The SMILES string of the molecule is Cn1ncc(Br)c1C(N)C1Cc2ccccc2O1. The Kier molecular flexibility index (Phi) is 2.87. The number of nitrogens with zero attached hydrogens (tertiary/aromatic N) is 2. The van der Waals surface area contributed by atoms with Crippen molar-refractivity contribution < 1.29 is 4.74 Å². The smallest absolute Gasteiger partial charge is 0.124 e. The maximum Gasteiger partial charge on any atom is 0.124 e. The second kappa shape index (κ2) is 4.40. The minimum Gasteiger partial charge on any atom is -0.488 e. The third-order valence-electron chi connectivity index (χ3n) is 3.33. The van der Waals surface area contributed by atoms with E-state index in [9.17, 15) is 0 Å². The van der Waals surface area contributed by atoms with Crippen LogP contribution in [0.1, 0.15) is 17.3 Å². The number of aryl methyl sites for hydroxylation is 1. The molecule has 0 saturated heterocycles. The van der Waals surface area contributed by atoms with Gasteiger partial charge in [-0.05, 0) is 27.6 Å². The van der Waals surface area contributed by atoms with E-state index in [2.05, 4.69) is 27.1 Å². The van der Waals surface area contributed by atoms with E-state index in [-0.39, 0.29) is 12.1 Å². The summed E-state index contributed by atoms with van der Waals surface area (Å²) in [6, 6.07) is 7.88. The van der Waals surface area contributed by atoms with Crippen molar-refractivity contribution in [2.75, 3.05) is 0 Å². The molecule has 0 saturated carbocycles. The summed E-state index contributed by atoms with van der Waals surface area (Å²) in [5.41, 5.74) is 8.49. The first-order valence-electron chi connectivity index (χ1n) is 5.84. The molecule has 2 unspecified atom stereocenters. The van der Waals surface area contributed by atoms with E-state index >= 15 is 0 Å². The van der Waals surface area contributed by atoms with Crippen LogP contribution in [0.25, 0.3) is 0 Å². The Labute approximate surface area is 114 Å². The van der Waals surface area contributed by atoms with E-state index in [1.54, 1.807) is 10.9 Å². The van der Waals surface area contributed by atoms with Crippen LogP contribution in [0, 0.1) is 0 Å². The van der Waals surface area contributed by atoms with Gasteiger partial charge in [0, 0.05) is 13.5 Å². The Morgan fingerprint density at radius 3 is 2.94 bits per heavy atom. The van der Waals surface area contributed by atoms with Crippen molar-refractivity contribution in [2.45, 2.75) is 18.6 Å². The number of ether oxygens (including phenoxy) is 1. The second-order valence-electron chi connectivity index (χ2n) is 4.50. The fourth-order valence-corrected chi connectivity index (χ4v) is 2.99. The average Bonchev–Trinajstić information content (AvgIpc) is 2.92. The molecule has 2 atom stereocenters. The summed E-state index contributed by atoms with van der Waals surface area (Å²) in [4.78, 5) is 0. The molecule has 0 bridgehead atoms. The Balaban J connectivity index is 1.87. The van der Waals surface area contributed by atoms with Gasteiger partial charge in [-0.3, -0.25) is 4.68 Å². The van der Waals surface area contributed by atoms with Crippen molar-refractivity contribution in [1.82, 2.24) is 9.78 Å². The summed E-state index contributed by atoms with van der Waals surface area (Å²) in [7, 11) is 1.89. The van der Waals surface area contributed by atoms with Crippen molar-refractivity contribution in [3.63, 3.8) is 0 Å². The van der Waals surface area contributed by atoms with Gasteiger partial charge in [0.25, 0.3) is 0 Å². The lowest BCUT2D eigenvalue weighted by atomic mass is 10.0. The largest absolute Gasteiger partial charge is 0.488 e.